The summed E-state index contributed by atoms with van der Waals surface area (Å²) in [6.45, 7) is 1.11. The lowest BCUT2D eigenvalue weighted by molar-refractivity contribution is 0.0583. The van der Waals surface area contributed by atoms with E-state index in [1.165, 1.54) is 12.4 Å². The highest BCUT2D eigenvalue weighted by molar-refractivity contribution is 5.94. The van der Waals surface area contributed by atoms with Gasteiger partial charge in [-0.2, -0.15) is 10.2 Å². The van der Waals surface area contributed by atoms with Gasteiger partial charge in [-0.05, 0) is 23.8 Å². The Kier molecular flexibility index (Phi) is 3.89. The summed E-state index contributed by atoms with van der Waals surface area (Å²) in [5, 5.41) is 7.57. The number of carbonyl (C=O) groups is 1. The van der Waals surface area contributed by atoms with Crippen molar-refractivity contribution in [2.45, 2.75) is 19.1 Å². The van der Waals surface area contributed by atoms with Gasteiger partial charge in [0.1, 0.15) is 11.6 Å². The van der Waals surface area contributed by atoms with Crippen LogP contribution in [0.25, 0.3) is 0 Å². The first-order valence-electron chi connectivity index (χ1n) is 7.98. The Morgan fingerprint density at radius 2 is 2.00 bits per heavy atom. The minimum Gasteiger partial charge on any atom is -0.497 e. The average Bonchev–Trinajstić information content (AvgIpc) is 3.15. The molecule has 0 unspecified atom stereocenters. The molecule has 126 valence electrons. The zero-order valence-electron chi connectivity index (χ0n) is 13.7. The van der Waals surface area contributed by atoms with Crippen LogP contribution >= 0.6 is 0 Å². The standard InChI is InChI=1S/C18H17N5O2/c1-25-15-4-2-13(3-5-15)16-11-22-9-8-19-17(22)12-23(16)18(24)14-6-7-20-21-10-14/h2-10,16H,11-12H2,1H3/t16-/m1/s1. The van der Waals surface area contributed by atoms with E-state index in [1.807, 2.05) is 35.4 Å². The van der Waals surface area contributed by atoms with Crippen molar-refractivity contribution >= 4 is 5.91 Å². The number of carbonyl (C=O) groups excluding carboxylic acids is 1. The zero-order valence-corrected chi connectivity index (χ0v) is 13.7. The average molecular weight is 335 g/mol. The van der Waals surface area contributed by atoms with Crippen LogP contribution in [0.4, 0.5) is 0 Å². The fraction of sp³-hybridized carbons (Fsp3) is 0.222. The van der Waals surface area contributed by atoms with Gasteiger partial charge in [0.15, 0.2) is 0 Å². The van der Waals surface area contributed by atoms with Crippen LogP contribution in [0.3, 0.4) is 0 Å². The summed E-state index contributed by atoms with van der Waals surface area (Å²) in [4.78, 5) is 19.2. The maximum absolute atomic E-state index is 13.0. The first-order chi connectivity index (χ1) is 12.3. The van der Waals surface area contributed by atoms with E-state index >= 15 is 0 Å². The Balaban J connectivity index is 1.71. The third kappa shape index (κ3) is 2.84. The summed E-state index contributed by atoms with van der Waals surface area (Å²) >= 11 is 0. The van der Waals surface area contributed by atoms with Gasteiger partial charge in [0.05, 0.1) is 37.7 Å². The van der Waals surface area contributed by atoms with E-state index in [0.717, 1.165) is 17.1 Å². The lowest BCUT2D eigenvalue weighted by Gasteiger charge is -2.36. The molecule has 4 rings (SSSR count). The molecule has 3 heterocycles. The minimum atomic E-state index is -0.0896. The van der Waals surface area contributed by atoms with Crippen molar-refractivity contribution in [3.05, 3.63) is 72.1 Å². The van der Waals surface area contributed by atoms with Crippen LogP contribution < -0.4 is 4.74 Å². The number of ether oxygens (including phenoxy) is 1. The molecule has 7 nitrogen and oxygen atoms in total. The molecule has 7 heteroatoms. The number of rotatable bonds is 3. The Morgan fingerprint density at radius 1 is 1.16 bits per heavy atom. The molecule has 3 aromatic rings. The Bertz CT molecular complexity index is 876. The van der Waals surface area contributed by atoms with Crippen molar-refractivity contribution in [3.8, 4) is 5.75 Å². The number of nitrogens with zero attached hydrogens (tertiary/aromatic N) is 5. The highest BCUT2D eigenvalue weighted by Gasteiger charge is 2.32. The Morgan fingerprint density at radius 3 is 2.72 bits per heavy atom. The summed E-state index contributed by atoms with van der Waals surface area (Å²) in [5.41, 5.74) is 1.57. The molecule has 2 aromatic heterocycles. The van der Waals surface area contributed by atoms with E-state index in [1.54, 1.807) is 19.4 Å². The fourth-order valence-electron chi connectivity index (χ4n) is 3.11. The third-order valence-corrected chi connectivity index (χ3v) is 4.45. The number of hydrogen-bond acceptors (Lipinski definition) is 5. The predicted octanol–water partition coefficient (Wildman–Crippen LogP) is 2.08. The molecule has 0 saturated carbocycles. The first-order valence-corrected chi connectivity index (χ1v) is 7.98. The van der Waals surface area contributed by atoms with Gasteiger partial charge in [0.25, 0.3) is 5.91 Å². The van der Waals surface area contributed by atoms with Crippen molar-refractivity contribution in [2.75, 3.05) is 7.11 Å². The molecular formula is C18H17N5O2. The number of aromatic nitrogens is 4. The molecule has 0 N–H and O–H groups in total. The van der Waals surface area contributed by atoms with Crippen LogP contribution in [0.15, 0.2) is 55.1 Å². The second-order valence-corrected chi connectivity index (χ2v) is 5.85. The topological polar surface area (TPSA) is 73.1 Å². The third-order valence-electron chi connectivity index (χ3n) is 4.45. The first kappa shape index (κ1) is 15.3. The van der Waals surface area contributed by atoms with Gasteiger partial charge in [-0.3, -0.25) is 4.79 Å². The van der Waals surface area contributed by atoms with Crippen LogP contribution in [0.1, 0.15) is 27.8 Å². The van der Waals surface area contributed by atoms with Gasteiger partial charge >= 0.3 is 0 Å². The summed E-state index contributed by atoms with van der Waals surface area (Å²) in [6.07, 6.45) is 6.74. The molecule has 1 aliphatic rings. The largest absolute Gasteiger partial charge is 0.497 e. The molecule has 1 amide bonds. The number of benzene rings is 1. The van der Waals surface area contributed by atoms with Crippen molar-refractivity contribution in [1.29, 1.82) is 0 Å². The van der Waals surface area contributed by atoms with E-state index in [9.17, 15) is 4.79 Å². The molecular weight excluding hydrogens is 318 g/mol. The molecule has 1 aliphatic heterocycles. The molecule has 0 radical (unpaired) electrons. The van der Waals surface area contributed by atoms with E-state index in [4.69, 9.17) is 4.74 Å². The maximum atomic E-state index is 13.0. The van der Waals surface area contributed by atoms with Gasteiger partial charge in [0.2, 0.25) is 0 Å². The molecule has 0 saturated heterocycles. The molecule has 25 heavy (non-hydrogen) atoms. The zero-order chi connectivity index (χ0) is 17.2. The molecule has 0 aliphatic carbocycles. The van der Waals surface area contributed by atoms with Gasteiger partial charge in [-0.25, -0.2) is 4.98 Å². The van der Waals surface area contributed by atoms with Crippen LogP contribution in [-0.2, 0) is 13.1 Å². The summed E-state index contributed by atoms with van der Waals surface area (Å²) in [6, 6.07) is 9.41. The summed E-state index contributed by atoms with van der Waals surface area (Å²) in [7, 11) is 1.64. The maximum Gasteiger partial charge on any atom is 0.256 e. The Labute approximate surface area is 144 Å². The smallest absolute Gasteiger partial charge is 0.256 e. The van der Waals surface area contributed by atoms with Crippen molar-refractivity contribution < 1.29 is 9.53 Å². The van der Waals surface area contributed by atoms with E-state index in [-0.39, 0.29) is 11.9 Å². The highest BCUT2D eigenvalue weighted by atomic mass is 16.5. The number of imidazole rings is 1. The summed E-state index contributed by atoms with van der Waals surface area (Å²) in [5.74, 6) is 1.59. The van der Waals surface area contributed by atoms with Crippen molar-refractivity contribution in [3.63, 3.8) is 0 Å². The molecule has 1 aromatic carbocycles. The number of fused-ring (bicyclic) bond motifs is 1. The van der Waals surface area contributed by atoms with Crippen LogP contribution in [0, 0.1) is 0 Å². The monoisotopic (exact) mass is 335 g/mol. The van der Waals surface area contributed by atoms with Gasteiger partial charge < -0.3 is 14.2 Å². The van der Waals surface area contributed by atoms with Crippen LogP contribution in [0.5, 0.6) is 5.75 Å². The van der Waals surface area contributed by atoms with Crippen molar-refractivity contribution in [1.82, 2.24) is 24.6 Å². The van der Waals surface area contributed by atoms with Crippen LogP contribution in [-0.4, -0.2) is 37.7 Å². The quantitative estimate of drug-likeness (QED) is 0.733. The SMILES string of the molecule is COc1ccc([C@H]2Cn3ccnc3CN2C(=O)c2ccnnc2)cc1. The van der Waals surface area contributed by atoms with Gasteiger partial charge in [-0.1, -0.05) is 12.1 Å². The van der Waals surface area contributed by atoms with E-state index in [0.29, 0.717) is 18.7 Å². The molecule has 0 bridgehead atoms. The lowest BCUT2D eigenvalue weighted by atomic mass is 10.0. The van der Waals surface area contributed by atoms with E-state index in [2.05, 4.69) is 19.7 Å². The van der Waals surface area contributed by atoms with Crippen LogP contribution in [0.2, 0.25) is 0 Å². The number of amides is 1. The highest BCUT2D eigenvalue weighted by Crippen LogP contribution is 2.31. The van der Waals surface area contributed by atoms with E-state index < -0.39 is 0 Å². The van der Waals surface area contributed by atoms with Gasteiger partial charge in [0, 0.05) is 18.9 Å². The second-order valence-electron chi connectivity index (χ2n) is 5.85. The molecule has 0 fully saturated rings. The normalized spacial score (nSPS) is 16.4. The lowest BCUT2D eigenvalue weighted by Crippen LogP contribution is -2.41. The predicted molar refractivity (Wildman–Crippen MR) is 89.9 cm³/mol. The van der Waals surface area contributed by atoms with Crippen molar-refractivity contribution in [2.24, 2.45) is 0 Å². The number of hydrogen-bond donors (Lipinski definition) is 0. The van der Waals surface area contributed by atoms with Gasteiger partial charge in [-0.15, -0.1) is 0 Å². The minimum absolute atomic E-state index is 0.0787. The molecule has 1 atom stereocenters. The fourth-order valence-corrected chi connectivity index (χ4v) is 3.11. The second kappa shape index (κ2) is 6.35. The molecule has 0 spiro atoms. The Hall–Kier alpha value is -3.22. The number of methoxy groups -OCH3 is 1. The summed E-state index contributed by atoms with van der Waals surface area (Å²) < 4.78 is 7.32.